The number of hydrogen-bond donors (Lipinski definition) is 2. The Morgan fingerprint density at radius 1 is 0.724 bits per heavy atom. The van der Waals surface area contributed by atoms with Crippen LogP contribution in [0.3, 0.4) is 0 Å². The van der Waals surface area contributed by atoms with Gasteiger partial charge in [-0.2, -0.15) is 20.2 Å². The maximum absolute atomic E-state index is 13.7. The molecule has 0 amide bonds. The summed E-state index contributed by atoms with van der Waals surface area (Å²) >= 11 is 0. The number of rotatable bonds is 6. The second kappa shape index (κ2) is 8.17. The van der Waals surface area contributed by atoms with Crippen molar-refractivity contribution in [2.75, 3.05) is 10.9 Å². The minimum atomic E-state index is -0.423. The van der Waals surface area contributed by atoms with Crippen molar-refractivity contribution in [3.05, 3.63) is 71.3 Å². The zero-order valence-electron chi connectivity index (χ0n) is 14.6. The number of nitrogens with one attached hydrogen (secondary N) is 2. The molecule has 0 fully saturated rings. The largest absolute Gasteiger partial charge is 0.258 e. The monoisotopic (exact) mass is 394 g/mol. The Hall–Kier alpha value is -4.28. The number of hydrazone groups is 2. The molecule has 2 aromatic carbocycles. The Bertz CT molecular complexity index is 1120. The Labute approximate surface area is 162 Å². The highest BCUT2D eigenvalue weighted by molar-refractivity contribution is 5.82. The maximum Gasteiger partial charge on any atom is 0.245 e. The first-order valence-corrected chi connectivity index (χ1v) is 8.28. The molecule has 2 N–H and O–H groups in total. The van der Waals surface area contributed by atoms with E-state index in [0.29, 0.717) is 0 Å². The van der Waals surface area contributed by atoms with E-state index in [9.17, 15) is 8.78 Å². The van der Waals surface area contributed by atoms with E-state index in [-0.39, 0.29) is 34.1 Å². The van der Waals surface area contributed by atoms with Gasteiger partial charge >= 0.3 is 0 Å². The average Bonchev–Trinajstić information content (AvgIpc) is 3.18. The van der Waals surface area contributed by atoms with Gasteiger partial charge in [-0.05, 0) is 22.4 Å². The number of aromatic nitrogens is 4. The van der Waals surface area contributed by atoms with Crippen LogP contribution < -0.4 is 10.9 Å². The fourth-order valence-electron chi connectivity index (χ4n) is 2.28. The van der Waals surface area contributed by atoms with Gasteiger partial charge in [0.15, 0.2) is 11.6 Å². The van der Waals surface area contributed by atoms with Crippen LogP contribution in [0.5, 0.6) is 0 Å². The first kappa shape index (κ1) is 18.1. The minimum absolute atomic E-state index is 0.131. The van der Waals surface area contributed by atoms with Crippen molar-refractivity contribution in [2.24, 2.45) is 10.2 Å². The van der Waals surface area contributed by atoms with Crippen LogP contribution in [0.1, 0.15) is 11.1 Å². The summed E-state index contributed by atoms with van der Waals surface area (Å²) in [6.45, 7) is 0. The number of anilines is 2. The van der Waals surface area contributed by atoms with Crippen LogP contribution in [-0.2, 0) is 0 Å². The second-order valence-corrected chi connectivity index (χ2v) is 5.62. The number of benzene rings is 2. The van der Waals surface area contributed by atoms with Crippen LogP contribution in [0.4, 0.5) is 20.4 Å². The summed E-state index contributed by atoms with van der Waals surface area (Å²) in [4.78, 5) is 8.35. The molecule has 0 aliphatic rings. The van der Waals surface area contributed by atoms with Gasteiger partial charge in [0.1, 0.15) is 11.6 Å². The molecule has 2 aromatic heterocycles. The smallest absolute Gasteiger partial charge is 0.245 e. The van der Waals surface area contributed by atoms with Gasteiger partial charge in [0.2, 0.25) is 11.3 Å². The molecule has 0 aliphatic carbocycles. The third kappa shape index (κ3) is 4.18. The van der Waals surface area contributed by atoms with Gasteiger partial charge in [-0.25, -0.2) is 13.4 Å². The van der Waals surface area contributed by atoms with Gasteiger partial charge in [0.05, 0.1) is 12.4 Å². The van der Waals surface area contributed by atoms with Crippen molar-refractivity contribution in [1.29, 1.82) is 0 Å². The van der Waals surface area contributed by atoms with E-state index in [1.165, 1.54) is 24.6 Å². The molecule has 9 nitrogen and oxygen atoms in total. The Balaban J connectivity index is 1.57. The fourth-order valence-corrected chi connectivity index (χ4v) is 2.28. The number of nitrogens with zero attached hydrogens (tertiary/aromatic N) is 6. The molecule has 0 radical (unpaired) electrons. The molecule has 4 aromatic rings. The lowest BCUT2D eigenvalue weighted by molar-refractivity contribution is 0.314. The van der Waals surface area contributed by atoms with Crippen LogP contribution in [0.15, 0.2) is 63.4 Å². The van der Waals surface area contributed by atoms with Crippen molar-refractivity contribution in [3.8, 4) is 0 Å². The van der Waals surface area contributed by atoms with Crippen LogP contribution in [0.25, 0.3) is 11.3 Å². The van der Waals surface area contributed by atoms with Gasteiger partial charge < -0.3 is 0 Å². The molecule has 0 saturated heterocycles. The van der Waals surface area contributed by atoms with Crippen LogP contribution >= 0.6 is 0 Å². The molecule has 0 atom stereocenters. The summed E-state index contributed by atoms with van der Waals surface area (Å²) < 4.78 is 32.0. The first-order chi connectivity index (χ1) is 14.2. The van der Waals surface area contributed by atoms with Gasteiger partial charge in [0.25, 0.3) is 0 Å². The van der Waals surface area contributed by atoms with E-state index in [2.05, 4.69) is 46.0 Å². The van der Waals surface area contributed by atoms with Crippen LogP contribution in [-0.4, -0.2) is 32.7 Å². The molecule has 2 heterocycles. The summed E-state index contributed by atoms with van der Waals surface area (Å²) in [7, 11) is 0. The van der Waals surface area contributed by atoms with Crippen molar-refractivity contribution in [1.82, 2.24) is 20.3 Å². The predicted octanol–water partition coefficient (Wildman–Crippen LogP) is 3.18. The van der Waals surface area contributed by atoms with E-state index in [0.717, 1.165) is 0 Å². The maximum atomic E-state index is 13.7. The molecule has 144 valence electrons. The van der Waals surface area contributed by atoms with Crippen molar-refractivity contribution in [2.45, 2.75) is 0 Å². The molecule has 4 rings (SSSR count). The summed E-state index contributed by atoms with van der Waals surface area (Å²) in [5, 5.41) is 15.1. The van der Waals surface area contributed by atoms with E-state index < -0.39 is 11.6 Å². The number of hydrogen-bond acceptors (Lipinski definition) is 9. The molecular formula is C18H12F2N8O. The Morgan fingerprint density at radius 3 is 1.62 bits per heavy atom. The fraction of sp³-hybridized carbons (Fsp3) is 0. The van der Waals surface area contributed by atoms with Crippen LogP contribution in [0, 0.1) is 11.6 Å². The molecule has 0 unspecified atom stereocenters. The molecule has 0 bridgehead atoms. The topological polar surface area (TPSA) is 113 Å². The molecule has 0 aliphatic heterocycles. The second-order valence-electron chi connectivity index (χ2n) is 5.62. The van der Waals surface area contributed by atoms with Gasteiger partial charge in [-0.15, -0.1) is 0 Å². The number of halogens is 2. The normalized spacial score (nSPS) is 11.5. The summed E-state index contributed by atoms with van der Waals surface area (Å²) in [6.07, 6.45) is 2.57. The van der Waals surface area contributed by atoms with Crippen molar-refractivity contribution < 1.29 is 13.4 Å². The summed E-state index contributed by atoms with van der Waals surface area (Å²) in [5.74, 6) is -0.584. The van der Waals surface area contributed by atoms with Crippen LogP contribution in [0.2, 0.25) is 0 Å². The molecule has 29 heavy (non-hydrogen) atoms. The standard InChI is InChI=1S/C18H12F2N8O/c19-13-7-3-1-5-11(13)9-21-25-15-16(24-18-17(23-15)27-29-28-18)26-22-10-12-6-2-4-8-14(12)20/h1-10H,(H,23,25,27)(H,24,26,28). The summed E-state index contributed by atoms with van der Waals surface area (Å²) in [6, 6.07) is 12.3. The van der Waals surface area contributed by atoms with Gasteiger partial charge in [-0.1, -0.05) is 36.4 Å². The third-order valence-electron chi connectivity index (χ3n) is 3.67. The highest BCUT2D eigenvalue weighted by Crippen LogP contribution is 2.19. The number of fused-ring (bicyclic) bond motifs is 1. The molecule has 11 heteroatoms. The van der Waals surface area contributed by atoms with E-state index in [4.69, 9.17) is 0 Å². The quantitative estimate of drug-likeness (QED) is 0.381. The average molecular weight is 394 g/mol. The Morgan fingerprint density at radius 2 is 1.17 bits per heavy atom. The molecule has 0 spiro atoms. The lowest BCUT2D eigenvalue weighted by atomic mass is 10.2. The van der Waals surface area contributed by atoms with Gasteiger partial charge in [0, 0.05) is 11.1 Å². The lowest BCUT2D eigenvalue weighted by Gasteiger charge is -2.05. The highest BCUT2D eigenvalue weighted by Gasteiger charge is 2.12. The highest BCUT2D eigenvalue weighted by atomic mass is 19.1. The SMILES string of the molecule is Fc1ccccc1C=NNc1nc2nonc2nc1NN=Cc1ccccc1F. The first-order valence-electron chi connectivity index (χ1n) is 8.28. The van der Waals surface area contributed by atoms with Crippen molar-refractivity contribution in [3.63, 3.8) is 0 Å². The zero-order chi connectivity index (χ0) is 20.1. The van der Waals surface area contributed by atoms with Crippen molar-refractivity contribution >= 4 is 35.4 Å². The van der Waals surface area contributed by atoms with E-state index >= 15 is 0 Å². The predicted molar refractivity (Wildman–Crippen MR) is 103 cm³/mol. The molecular weight excluding hydrogens is 382 g/mol. The third-order valence-corrected chi connectivity index (χ3v) is 3.67. The molecule has 0 saturated carbocycles. The Kier molecular flexibility index (Phi) is 5.10. The summed E-state index contributed by atoms with van der Waals surface area (Å²) in [5.41, 5.74) is 6.12. The lowest BCUT2D eigenvalue weighted by Crippen LogP contribution is -2.03. The zero-order valence-corrected chi connectivity index (χ0v) is 14.6. The minimum Gasteiger partial charge on any atom is -0.258 e. The van der Waals surface area contributed by atoms with Gasteiger partial charge in [-0.3, -0.25) is 10.9 Å². The van der Waals surface area contributed by atoms with E-state index in [1.54, 1.807) is 36.4 Å². The van der Waals surface area contributed by atoms with E-state index in [1.807, 2.05) is 0 Å².